The van der Waals surface area contributed by atoms with Gasteiger partial charge in [-0.15, -0.1) is 0 Å². The van der Waals surface area contributed by atoms with Gasteiger partial charge in [0.25, 0.3) is 5.56 Å². The predicted molar refractivity (Wildman–Crippen MR) is 86.0 cm³/mol. The first kappa shape index (κ1) is 13.3. The molecule has 0 saturated heterocycles. The van der Waals surface area contributed by atoms with Crippen molar-refractivity contribution >= 4 is 33.2 Å². The predicted octanol–water partition coefficient (Wildman–Crippen LogP) is 3.24. The van der Waals surface area contributed by atoms with Crippen LogP contribution in [0.25, 0.3) is 0 Å². The summed E-state index contributed by atoms with van der Waals surface area (Å²) in [6, 6.07) is 6.45. The molecule has 1 fully saturated rings. The Balaban J connectivity index is 1.80. The lowest BCUT2D eigenvalue weighted by Crippen LogP contribution is -2.38. The van der Waals surface area contributed by atoms with E-state index in [4.69, 9.17) is 11.6 Å². The van der Waals surface area contributed by atoms with Crippen LogP contribution in [0.3, 0.4) is 0 Å². The van der Waals surface area contributed by atoms with Crippen molar-refractivity contribution in [3.05, 3.63) is 55.4 Å². The zero-order chi connectivity index (χ0) is 14.6. The third kappa shape index (κ3) is 2.10. The monoisotopic (exact) mass is 365 g/mol. The van der Waals surface area contributed by atoms with Crippen LogP contribution < -0.4 is 10.5 Å². The SMILES string of the molecule is O=c1[nH]ncc(N2Cc3ccc(Br)cc3C3(CC3)C2)c1Cl. The third-order valence-corrected chi connectivity index (χ3v) is 5.33. The maximum Gasteiger partial charge on any atom is 0.285 e. The van der Waals surface area contributed by atoms with Gasteiger partial charge >= 0.3 is 0 Å². The zero-order valence-electron chi connectivity index (χ0n) is 11.2. The van der Waals surface area contributed by atoms with Gasteiger partial charge in [0.2, 0.25) is 0 Å². The Labute approximate surface area is 135 Å². The van der Waals surface area contributed by atoms with Gasteiger partial charge in [0.15, 0.2) is 0 Å². The van der Waals surface area contributed by atoms with Crippen LogP contribution in [0.5, 0.6) is 0 Å². The molecule has 2 heterocycles. The van der Waals surface area contributed by atoms with Crippen LogP contribution >= 0.6 is 27.5 Å². The fourth-order valence-electron chi connectivity index (χ4n) is 3.24. The van der Waals surface area contributed by atoms with E-state index in [0.29, 0.717) is 0 Å². The average Bonchev–Trinajstić information content (AvgIpc) is 3.23. The van der Waals surface area contributed by atoms with E-state index in [1.54, 1.807) is 6.20 Å². The van der Waals surface area contributed by atoms with Crippen molar-refractivity contribution in [2.45, 2.75) is 24.8 Å². The summed E-state index contributed by atoms with van der Waals surface area (Å²) in [5, 5.41) is 6.48. The van der Waals surface area contributed by atoms with E-state index in [-0.39, 0.29) is 16.0 Å². The number of anilines is 1. The summed E-state index contributed by atoms with van der Waals surface area (Å²) >= 11 is 9.72. The quantitative estimate of drug-likeness (QED) is 0.843. The molecule has 1 saturated carbocycles. The number of hydrogen-bond acceptors (Lipinski definition) is 3. The highest BCUT2D eigenvalue weighted by Gasteiger charge is 2.49. The second kappa shape index (κ2) is 4.58. The van der Waals surface area contributed by atoms with Crippen LogP contribution in [0, 0.1) is 0 Å². The summed E-state index contributed by atoms with van der Waals surface area (Å²) < 4.78 is 1.12. The fraction of sp³-hybridized carbons (Fsp3) is 0.333. The van der Waals surface area contributed by atoms with Crippen molar-refractivity contribution < 1.29 is 0 Å². The van der Waals surface area contributed by atoms with Crippen LogP contribution in [0.2, 0.25) is 5.02 Å². The Kier molecular flexibility index (Phi) is 2.91. The van der Waals surface area contributed by atoms with Gasteiger partial charge < -0.3 is 4.90 Å². The lowest BCUT2D eigenvalue weighted by Gasteiger charge is -2.36. The van der Waals surface area contributed by atoms with E-state index in [2.05, 4.69) is 49.2 Å². The standard InChI is InChI=1S/C15H13BrClN3O/c16-10-2-1-9-7-20(8-15(3-4-15)11(9)5-10)12-6-18-19-14(21)13(12)17/h1-2,5-6H,3-4,7-8H2,(H,19,21). The van der Waals surface area contributed by atoms with Gasteiger partial charge in [0.05, 0.1) is 11.9 Å². The van der Waals surface area contributed by atoms with Crippen LogP contribution in [0.15, 0.2) is 33.7 Å². The highest BCUT2D eigenvalue weighted by molar-refractivity contribution is 9.10. The first-order valence-electron chi connectivity index (χ1n) is 6.86. The van der Waals surface area contributed by atoms with Gasteiger partial charge in [-0.05, 0) is 36.1 Å². The number of aromatic amines is 1. The van der Waals surface area contributed by atoms with E-state index in [1.807, 2.05) is 0 Å². The molecule has 1 N–H and O–H groups in total. The lowest BCUT2D eigenvalue weighted by molar-refractivity contribution is 0.591. The molecular weight excluding hydrogens is 354 g/mol. The highest BCUT2D eigenvalue weighted by Crippen LogP contribution is 2.53. The molecule has 0 unspecified atom stereocenters. The number of nitrogens with zero attached hydrogens (tertiary/aromatic N) is 2. The fourth-order valence-corrected chi connectivity index (χ4v) is 3.81. The molecule has 0 atom stereocenters. The molecule has 1 aliphatic heterocycles. The third-order valence-electron chi connectivity index (χ3n) is 4.47. The number of aromatic nitrogens is 2. The van der Waals surface area contributed by atoms with Crippen molar-refractivity contribution in [2.75, 3.05) is 11.4 Å². The number of halogens is 2. The molecule has 1 aromatic carbocycles. The smallest absolute Gasteiger partial charge is 0.285 e. The molecule has 1 aliphatic carbocycles. The second-order valence-electron chi connectivity index (χ2n) is 5.84. The normalized spacial score (nSPS) is 18.7. The highest BCUT2D eigenvalue weighted by atomic mass is 79.9. The van der Waals surface area contributed by atoms with Gasteiger partial charge in [-0.1, -0.05) is 33.6 Å². The van der Waals surface area contributed by atoms with Gasteiger partial charge in [0, 0.05) is 23.0 Å². The molecule has 1 spiro atoms. The van der Waals surface area contributed by atoms with Crippen LogP contribution in [-0.2, 0) is 12.0 Å². The molecule has 0 bridgehead atoms. The molecule has 4 rings (SSSR count). The Bertz CT molecular complexity index is 785. The number of hydrogen-bond donors (Lipinski definition) is 1. The summed E-state index contributed by atoms with van der Waals surface area (Å²) in [6.45, 7) is 1.65. The average molecular weight is 367 g/mol. The minimum atomic E-state index is -0.333. The summed E-state index contributed by atoms with van der Waals surface area (Å²) in [6.07, 6.45) is 4.01. The van der Waals surface area contributed by atoms with E-state index in [1.165, 1.54) is 24.0 Å². The molecule has 21 heavy (non-hydrogen) atoms. The Morgan fingerprint density at radius 2 is 2.19 bits per heavy atom. The molecule has 0 radical (unpaired) electrons. The molecule has 2 aromatic rings. The Morgan fingerprint density at radius 1 is 1.38 bits per heavy atom. The molecular formula is C15H13BrClN3O. The van der Waals surface area contributed by atoms with Crippen molar-refractivity contribution in [1.82, 2.24) is 10.2 Å². The first-order chi connectivity index (χ1) is 10.1. The second-order valence-corrected chi connectivity index (χ2v) is 7.13. The topological polar surface area (TPSA) is 49.0 Å². The van der Waals surface area contributed by atoms with Crippen molar-refractivity contribution in [1.29, 1.82) is 0 Å². The number of H-pyrrole nitrogens is 1. The van der Waals surface area contributed by atoms with Crippen molar-refractivity contribution in [3.63, 3.8) is 0 Å². The van der Waals surface area contributed by atoms with E-state index in [9.17, 15) is 4.79 Å². The molecule has 2 aliphatic rings. The van der Waals surface area contributed by atoms with Crippen LogP contribution in [0.1, 0.15) is 24.0 Å². The minimum Gasteiger partial charge on any atom is -0.364 e. The maximum atomic E-state index is 11.7. The Morgan fingerprint density at radius 3 is 2.95 bits per heavy atom. The summed E-state index contributed by atoms with van der Waals surface area (Å²) in [7, 11) is 0. The van der Waals surface area contributed by atoms with Crippen LogP contribution in [0.4, 0.5) is 5.69 Å². The lowest BCUT2D eigenvalue weighted by atomic mass is 9.87. The minimum absolute atomic E-state index is 0.212. The van der Waals surface area contributed by atoms with E-state index >= 15 is 0 Å². The van der Waals surface area contributed by atoms with E-state index < -0.39 is 0 Å². The molecule has 6 heteroatoms. The van der Waals surface area contributed by atoms with Gasteiger partial charge in [-0.3, -0.25) is 4.79 Å². The Hall–Kier alpha value is -1.33. The van der Waals surface area contributed by atoms with Gasteiger partial charge in [-0.2, -0.15) is 5.10 Å². The largest absolute Gasteiger partial charge is 0.364 e. The zero-order valence-corrected chi connectivity index (χ0v) is 13.5. The van der Waals surface area contributed by atoms with Crippen molar-refractivity contribution in [2.24, 2.45) is 0 Å². The molecule has 108 valence electrons. The van der Waals surface area contributed by atoms with Gasteiger partial charge in [-0.25, -0.2) is 5.10 Å². The first-order valence-corrected chi connectivity index (χ1v) is 8.03. The number of nitrogens with one attached hydrogen (secondary N) is 1. The number of fused-ring (bicyclic) bond motifs is 2. The summed E-state index contributed by atoms with van der Waals surface area (Å²) in [4.78, 5) is 13.8. The molecule has 4 nitrogen and oxygen atoms in total. The number of benzene rings is 1. The summed E-state index contributed by atoms with van der Waals surface area (Å²) in [5.41, 5.74) is 3.34. The van der Waals surface area contributed by atoms with Crippen LogP contribution in [-0.4, -0.2) is 16.7 Å². The maximum absolute atomic E-state index is 11.7. The number of rotatable bonds is 1. The van der Waals surface area contributed by atoms with E-state index in [0.717, 1.165) is 23.2 Å². The summed E-state index contributed by atoms with van der Waals surface area (Å²) in [5.74, 6) is 0. The molecule has 0 amide bonds. The van der Waals surface area contributed by atoms with Crippen molar-refractivity contribution in [3.8, 4) is 0 Å². The molecule has 1 aromatic heterocycles. The van der Waals surface area contributed by atoms with Gasteiger partial charge in [0.1, 0.15) is 5.02 Å².